The molecule has 0 spiro atoms. The van der Waals surface area contributed by atoms with E-state index in [0.717, 1.165) is 23.9 Å². The van der Waals surface area contributed by atoms with Gasteiger partial charge in [-0.2, -0.15) is 0 Å². The molecule has 1 saturated carbocycles. The van der Waals surface area contributed by atoms with Crippen LogP contribution in [0, 0.1) is 0 Å². The molecule has 1 N–H and O–H groups in total. The maximum absolute atomic E-state index is 11.0. The van der Waals surface area contributed by atoms with Gasteiger partial charge in [-0.15, -0.1) is 0 Å². The van der Waals surface area contributed by atoms with Gasteiger partial charge in [0.25, 0.3) is 0 Å². The highest BCUT2D eigenvalue weighted by molar-refractivity contribution is 5.76. The van der Waals surface area contributed by atoms with E-state index in [1.807, 2.05) is 34.6 Å². The maximum Gasteiger partial charge on any atom is 0.249 e. The molecule has 1 fully saturated rings. The molecule has 0 atom stereocenters. The molecular weight excluding hydrogens is 376 g/mol. The van der Waals surface area contributed by atoms with Gasteiger partial charge in [-0.05, 0) is 12.5 Å². The first kappa shape index (κ1) is 30.0. The van der Waals surface area contributed by atoms with Gasteiger partial charge in [-0.25, -0.2) is 9.97 Å². The van der Waals surface area contributed by atoms with Crippen LogP contribution in [0.4, 0.5) is 0 Å². The highest BCUT2D eigenvalue weighted by Crippen LogP contribution is 2.15. The Morgan fingerprint density at radius 3 is 1.90 bits per heavy atom. The number of aromatic nitrogens is 3. The first-order valence-corrected chi connectivity index (χ1v) is 11.5. The Bertz CT molecular complexity index is 715. The number of fused-ring (bicyclic) bond motifs is 1. The Morgan fingerprint density at radius 2 is 1.50 bits per heavy atom. The van der Waals surface area contributed by atoms with Crippen LogP contribution in [0.1, 0.15) is 92.2 Å². The highest BCUT2D eigenvalue weighted by Gasteiger charge is 2.02. The van der Waals surface area contributed by atoms with Gasteiger partial charge in [0.1, 0.15) is 12.0 Å². The predicted molar refractivity (Wildman–Crippen MR) is 129 cm³/mol. The van der Waals surface area contributed by atoms with Gasteiger partial charge in [-0.1, -0.05) is 80.1 Å². The van der Waals surface area contributed by atoms with E-state index >= 15 is 0 Å². The molecule has 1 aliphatic rings. The molecule has 0 unspecified atom stereocenters. The van der Waals surface area contributed by atoms with Gasteiger partial charge in [0.2, 0.25) is 11.5 Å². The second kappa shape index (κ2) is 20.0. The number of nitrogens with one attached hydrogen (secondary N) is 1. The average molecular weight is 421 g/mol. The number of hydrogen-bond acceptors (Lipinski definition) is 4. The summed E-state index contributed by atoms with van der Waals surface area (Å²) in [5.41, 5.74) is 1.49. The Kier molecular flexibility index (Phi) is 20.0. The average Bonchev–Trinajstić information content (AvgIpc) is 3.37. The molecule has 6 nitrogen and oxygen atoms in total. The van der Waals surface area contributed by atoms with Crippen LogP contribution in [-0.2, 0) is 11.2 Å². The Labute approximate surface area is 183 Å². The molecule has 2 aromatic rings. The molecular formula is C24H44N4O2. The van der Waals surface area contributed by atoms with Crippen molar-refractivity contribution in [1.82, 2.24) is 19.9 Å². The van der Waals surface area contributed by atoms with Gasteiger partial charge in [0, 0.05) is 32.0 Å². The summed E-state index contributed by atoms with van der Waals surface area (Å²) in [6.45, 7) is 11.9. The van der Waals surface area contributed by atoms with E-state index in [-0.39, 0.29) is 11.5 Å². The van der Waals surface area contributed by atoms with Crippen LogP contribution in [-0.4, -0.2) is 39.9 Å². The third-order valence-electron chi connectivity index (χ3n) is 4.15. The van der Waals surface area contributed by atoms with Crippen molar-refractivity contribution in [2.75, 3.05) is 14.1 Å². The molecule has 1 aliphatic carbocycles. The zero-order chi connectivity index (χ0) is 23.4. The second-order valence-electron chi connectivity index (χ2n) is 6.56. The number of nitrogens with zero attached hydrogens (tertiary/aromatic N) is 3. The van der Waals surface area contributed by atoms with Crippen molar-refractivity contribution in [3.8, 4) is 0 Å². The van der Waals surface area contributed by atoms with Crippen molar-refractivity contribution in [2.45, 2.75) is 92.9 Å². The van der Waals surface area contributed by atoms with Gasteiger partial charge >= 0.3 is 0 Å². The summed E-state index contributed by atoms with van der Waals surface area (Å²) in [5.74, 6) is 0.181. The van der Waals surface area contributed by atoms with Crippen molar-refractivity contribution in [3.05, 3.63) is 34.5 Å². The number of rotatable bonds is 3. The molecule has 0 aliphatic heterocycles. The van der Waals surface area contributed by atoms with E-state index < -0.39 is 0 Å². The first-order chi connectivity index (χ1) is 14.5. The van der Waals surface area contributed by atoms with Crippen LogP contribution in [0.5, 0.6) is 0 Å². The van der Waals surface area contributed by atoms with Gasteiger partial charge in [0.15, 0.2) is 0 Å². The number of hydrogen-bond donors (Lipinski definition) is 1. The monoisotopic (exact) mass is 420 g/mol. The number of carbonyl (C=O) groups is 1. The largest absolute Gasteiger partial charge is 0.349 e. The van der Waals surface area contributed by atoms with Crippen molar-refractivity contribution in [1.29, 1.82) is 0 Å². The quantitative estimate of drug-likeness (QED) is 0.685. The number of pyridine rings is 1. The third kappa shape index (κ3) is 13.1. The molecule has 0 aromatic carbocycles. The van der Waals surface area contributed by atoms with Crippen LogP contribution in [0.25, 0.3) is 11.0 Å². The van der Waals surface area contributed by atoms with Crippen molar-refractivity contribution in [3.63, 3.8) is 0 Å². The second-order valence-corrected chi connectivity index (χ2v) is 6.56. The molecule has 0 saturated heterocycles. The molecule has 3 rings (SSSR count). The summed E-state index contributed by atoms with van der Waals surface area (Å²) in [6.07, 6.45) is 11.5. The smallest absolute Gasteiger partial charge is 0.249 e. The van der Waals surface area contributed by atoms with E-state index in [9.17, 15) is 9.59 Å². The molecule has 0 bridgehead atoms. The molecule has 6 heteroatoms. The minimum Gasteiger partial charge on any atom is -0.349 e. The summed E-state index contributed by atoms with van der Waals surface area (Å²) in [6, 6.07) is 3.28. The minimum atomic E-state index is -0.126. The number of aryl methyl sites for hydroxylation is 1. The van der Waals surface area contributed by atoms with E-state index in [1.54, 1.807) is 25.1 Å². The molecule has 1 amide bonds. The highest BCUT2D eigenvalue weighted by atomic mass is 16.2. The molecule has 2 aromatic heterocycles. The normalized spacial score (nSPS) is 11.3. The summed E-state index contributed by atoms with van der Waals surface area (Å²) >= 11 is 0. The Morgan fingerprint density at radius 1 is 0.967 bits per heavy atom. The van der Waals surface area contributed by atoms with Gasteiger partial charge in [0.05, 0.1) is 5.69 Å². The lowest BCUT2D eigenvalue weighted by Gasteiger charge is -2.05. The lowest BCUT2D eigenvalue weighted by Crippen LogP contribution is -2.19. The van der Waals surface area contributed by atoms with Crippen molar-refractivity contribution < 1.29 is 4.79 Å². The molecule has 0 radical (unpaired) electrons. The molecule has 172 valence electrons. The number of aromatic amines is 1. The van der Waals surface area contributed by atoms with Crippen LogP contribution in [0.3, 0.4) is 0 Å². The number of amides is 1. The summed E-state index contributed by atoms with van der Waals surface area (Å²) in [7, 11) is 3.51. The fourth-order valence-corrected chi connectivity index (χ4v) is 2.66. The van der Waals surface area contributed by atoms with Crippen LogP contribution in [0.15, 0.2) is 23.3 Å². The van der Waals surface area contributed by atoms with Crippen LogP contribution in [0.2, 0.25) is 0 Å². The van der Waals surface area contributed by atoms with E-state index in [1.165, 1.54) is 44.5 Å². The summed E-state index contributed by atoms with van der Waals surface area (Å²) < 4.78 is 0. The number of carbonyl (C=O) groups excluding carboxylic acids is 1. The first-order valence-electron chi connectivity index (χ1n) is 11.5. The van der Waals surface area contributed by atoms with E-state index in [4.69, 9.17) is 0 Å². The zero-order valence-corrected chi connectivity index (χ0v) is 20.5. The molecule has 2 heterocycles. The van der Waals surface area contributed by atoms with Crippen molar-refractivity contribution >= 4 is 16.9 Å². The summed E-state index contributed by atoms with van der Waals surface area (Å²) in [5, 5.41) is 0.939. The zero-order valence-electron chi connectivity index (χ0n) is 20.5. The van der Waals surface area contributed by atoms with Gasteiger partial charge < -0.3 is 9.88 Å². The Balaban J connectivity index is 0. The van der Waals surface area contributed by atoms with E-state index in [0.29, 0.717) is 12.1 Å². The van der Waals surface area contributed by atoms with E-state index in [2.05, 4.69) is 21.9 Å². The standard InChI is InChI=1S/C10H11N3O.C5H11NO.C5H10.2C2H6/c1-2-3-8-7-4-5-9(14)13-10(7)12-6-11-8;1-4-5(7)6(2)3;1-2-4-5-3-1;2*1-2/h4-6H,2-3H2,1H3,(H,11,12,13,14);4H2,1-3H3;1-5H2;2*1-2H3. The van der Waals surface area contributed by atoms with Crippen LogP contribution >= 0.6 is 0 Å². The predicted octanol–water partition coefficient (Wildman–Crippen LogP) is 5.76. The fourth-order valence-electron chi connectivity index (χ4n) is 2.66. The maximum atomic E-state index is 11.0. The Hall–Kier alpha value is -2.24. The van der Waals surface area contributed by atoms with Crippen LogP contribution < -0.4 is 5.56 Å². The van der Waals surface area contributed by atoms with Gasteiger partial charge in [-0.3, -0.25) is 9.59 Å². The molecule has 30 heavy (non-hydrogen) atoms. The van der Waals surface area contributed by atoms with Crippen molar-refractivity contribution in [2.24, 2.45) is 0 Å². The topological polar surface area (TPSA) is 79.0 Å². The number of H-pyrrole nitrogens is 1. The fraction of sp³-hybridized carbons (Fsp3) is 0.667. The lowest BCUT2D eigenvalue weighted by molar-refractivity contribution is -0.128. The minimum absolute atomic E-state index is 0.126. The third-order valence-corrected chi connectivity index (χ3v) is 4.15. The SMILES string of the molecule is C1CCCC1.CC.CC.CCC(=O)N(C)C.CCCc1ncnc2[nH]c(=O)ccc12. The summed E-state index contributed by atoms with van der Waals surface area (Å²) in [4.78, 5) is 34.0. The lowest BCUT2D eigenvalue weighted by atomic mass is 10.2.